The first-order chi connectivity index (χ1) is 14.6. The van der Waals surface area contributed by atoms with Crippen LogP contribution in [-0.2, 0) is 30.3 Å². The maximum absolute atomic E-state index is 13.0. The van der Waals surface area contributed by atoms with E-state index in [-0.39, 0.29) is 18.7 Å². The number of carbonyl (C=O) groups is 4. The zero-order valence-corrected chi connectivity index (χ0v) is 18.3. The number of pyridine rings is 1. The van der Waals surface area contributed by atoms with Crippen LogP contribution in [0.1, 0.15) is 39.2 Å². The minimum atomic E-state index is -1.02. The van der Waals surface area contributed by atoms with Crippen LogP contribution in [0.5, 0.6) is 0 Å². The van der Waals surface area contributed by atoms with Gasteiger partial charge in [0.15, 0.2) is 0 Å². The average Bonchev–Trinajstić information content (AvgIpc) is 3.10. The Morgan fingerprint density at radius 2 is 2.00 bits per heavy atom. The van der Waals surface area contributed by atoms with E-state index in [1.807, 2.05) is 0 Å². The van der Waals surface area contributed by atoms with Crippen LogP contribution in [0.2, 0.25) is 0 Å². The molecule has 1 aliphatic heterocycles. The average molecular weight is 434 g/mol. The quantitative estimate of drug-likeness (QED) is 0.513. The molecule has 2 unspecified atom stereocenters. The van der Waals surface area contributed by atoms with Gasteiger partial charge in [-0.25, -0.2) is 9.59 Å². The minimum Gasteiger partial charge on any atom is -0.467 e. The lowest BCUT2D eigenvalue weighted by Gasteiger charge is -2.25. The zero-order chi connectivity index (χ0) is 23.0. The monoisotopic (exact) mass is 434 g/mol. The summed E-state index contributed by atoms with van der Waals surface area (Å²) in [4.78, 5) is 53.5. The number of aromatic nitrogens is 1. The summed E-state index contributed by atoms with van der Waals surface area (Å²) in [7, 11) is 1.21. The Labute approximate surface area is 181 Å². The van der Waals surface area contributed by atoms with Crippen molar-refractivity contribution in [2.24, 2.45) is 5.92 Å². The second kappa shape index (κ2) is 10.7. The highest BCUT2D eigenvalue weighted by Crippen LogP contribution is 2.17. The molecular formula is C21H30N4O6. The lowest BCUT2D eigenvalue weighted by atomic mass is 9.97. The normalized spacial score (nSPS) is 17.8. The Balaban J connectivity index is 2.14. The van der Waals surface area contributed by atoms with Crippen LogP contribution >= 0.6 is 0 Å². The Hall–Kier alpha value is -3.17. The van der Waals surface area contributed by atoms with E-state index < -0.39 is 41.6 Å². The molecule has 2 rings (SSSR count). The number of methoxy groups -OCH3 is 1. The summed E-state index contributed by atoms with van der Waals surface area (Å²) in [5, 5.41) is 7.88. The van der Waals surface area contributed by atoms with Crippen molar-refractivity contribution < 1.29 is 28.7 Å². The third-order valence-electron chi connectivity index (χ3n) is 4.66. The van der Waals surface area contributed by atoms with Gasteiger partial charge < -0.3 is 25.4 Å². The molecule has 3 atom stereocenters. The van der Waals surface area contributed by atoms with Crippen molar-refractivity contribution in [1.82, 2.24) is 20.9 Å². The highest BCUT2D eigenvalue weighted by atomic mass is 16.6. The van der Waals surface area contributed by atoms with E-state index in [1.165, 1.54) is 7.11 Å². The third-order valence-corrected chi connectivity index (χ3v) is 4.66. The summed E-state index contributed by atoms with van der Waals surface area (Å²) < 4.78 is 10.1. The maximum atomic E-state index is 13.0. The number of ether oxygens (including phenoxy) is 2. The Morgan fingerprint density at radius 3 is 2.55 bits per heavy atom. The Bertz CT molecular complexity index is 793. The molecule has 0 bridgehead atoms. The highest BCUT2D eigenvalue weighted by Gasteiger charge is 2.34. The van der Waals surface area contributed by atoms with Crippen molar-refractivity contribution in [3.63, 3.8) is 0 Å². The standard InChI is InChI=1S/C21H30N4O6/c1-21(2,3)31-20(29)25-15(10-13-6-5-8-22-12-13)18(27)24-16(19(28)30-4)11-14-7-9-23-17(14)26/h5-6,8,12,14-16H,7,9-11H2,1-4H3,(H,23,26)(H,24,27)(H,25,29)/t14-,15?,16?/m0/s1. The zero-order valence-electron chi connectivity index (χ0n) is 18.3. The molecule has 0 radical (unpaired) electrons. The van der Waals surface area contributed by atoms with Gasteiger partial charge in [0.2, 0.25) is 11.8 Å². The number of amides is 3. The largest absolute Gasteiger partial charge is 0.467 e. The molecule has 1 aromatic heterocycles. The van der Waals surface area contributed by atoms with Crippen LogP contribution in [0.25, 0.3) is 0 Å². The highest BCUT2D eigenvalue weighted by molar-refractivity contribution is 5.90. The van der Waals surface area contributed by atoms with Crippen LogP contribution in [-0.4, -0.2) is 60.2 Å². The number of nitrogens with zero attached hydrogens (tertiary/aromatic N) is 1. The van der Waals surface area contributed by atoms with E-state index in [2.05, 4.69) is 20.9 Å². The van der Waals surface area contributed by atoms with Gasteiger partial charge in [0, 0.05) is 31.3 Å². The Kier molecular flexibility index (Phi) is 8.35. The molecule has 0 aliphatic carbocycles. The maximum Gasteiger partial charge on any atom is 0.408 e. The van der Waals surface area contributed by atoms with E-state index >= 15 is 0 Å². The number of hydrogen-bond donors (Lipinski definition) is 3. The van der Waals surface area contributed by atoms with E-state index in [0.29, 0.717) is 18.5 Å². The molecule has 1 aromatic rings. The van der Waals surface area contributed by atoms with Gasteiger partial charge in [0.05, 0.1) is 7.11 Å². The molecule has 1 saturated heterocycles. The van der Waals surface area contributed by atoms with Gasteiger partial charge in [-0.2, -0.15) is 0 Å². The van der Waals surface area contributed by atoms with Gasteiger partial charge >= 0.3 is 12.1 Å². The molecule has 2 heterocycles. The van der Waals surface area contributed by atoms with Crippen molar-refractivity contribution in [2.75, 3.05) is 13.7 Å². The van der Waals surface area contributed by atoms with Crippen LogP contribution in [0, 0.1) is 5.92 Å². The van der Waals surface area contributed by atoms with Crippen LogP contribution in [0.4, 0.5) is 4.79 Å². The van der Waals surface area contributed by atoms with Crippen LogP contribution in [0.15, 0.2) is 24.5 Å². The van der Waals surface area contributed by atoms with E-state index in [9.17, 15) is 19.2 Å². The molecular weight excluding hydrogens is 404 g/mol. The number of hydrogen-bond acceptors (Lipinski definition) is 7. The number of esters is 1. The number of carbonyl (C=O) groups excluding carboxylic acids is 4. The van der Waals surface area contributed by atoms with Gasteiger partial charge in [-0.05, 0) is 45.2 Å². The van der Waals surface area contributed by atoms with Gasteiger partial charge in [-0.15, -0.1) is 0 Å². The lowest BCUT2D eigenvalue weighted by Crippen LogP contribution is -2.53. The minimum absolute atomic E-state index is 0.107. The summed E-state index contributed by atoms with van der Waals surface area (Å²) in [5.41, 5.74) is -0.0347. The van der Waals surface area contributed by atoms with E-state index in [0.717, 1.165) is 0 Å². The molecule has 0 aromatic carbocycles. The van der Waals surface area contributed by atoms with Crippen molar-refractivity contribution >= 4 is 23.9 Å². The molecule has 31 heavy (non-hydrogen) atoms. The fourth-order valence-corrected chi connectivity index (χ4v) is 3.20. The third kappa shape index (κ3) is 7.88. The first-order valence-electron chi connectivity index (χ1n) is 10.1. The van der Waals surface area contributed by atoms with Crippen molar-refractivity contribution in [2.45, 2.75) is 57.7 Å². The van der Waals surface area contributed by atoms with Crippen LogP contribution in [0.3, 0.4) is 0 Å². The molecule has 10 heteroatoms. The Morgan fingerprint density at radius 1 is 1.26 bits per heavy atom. The lowest BCUT2D eigenvalue weighted by molar-refractivity contribution is -0.146. The summed E-state index contributed by atoms with van der Waals surface area (Å²) in [6, 6.07) is 1.44. The first-order valence-corrected chi connectivity index (χ1v) is 10.1. The molecule has 0 saturated carbocycles. The van der Waals surface area contributed by atoms with Crippen LogP contribution < -0.4 is 16.0 Å². The van der Waals surface area contributed by atoms with Gasteiger partial charge in [0.25, 0.3) is 0 Å². The topological polar surface area (TPSA) is 136 Å². The van der Waals surface area contributed by atoms with E-state index in [4.69, 9.17) is 9.47 Å². The molecule has 170 valence electrons. The number of nitrogens with one attached hydrogen (secondary N) is 3. The smallest absolute Gasteiger partial charge is 0.408 e. The van der Waals surface area contributed by atoms with Crippen molar-refractivity contribution in [3.8, 4) is 0 Å². The SMILES string of the molecule is COC(=O)C(C[C@@H]1CCNC1=O)NC(=O)C(Cc1cccnc1)NC(=O)OC(C)(C)C. The molecule has 10 nitrogen and oxygen atoms in total. The summed E-state index contributed by atoms with van der Waals surface area (Å²) in [6.45, 7) is 5.66. The predicted molar refractivity (Wildman–Crippen MR) is 111 cm³/mol. The van der Waals surface area contributed by atoms with Crippen molar-refractivity contribution in [3.05, 3.63) is 30.1 Å². The van der Waals surface area contributed by atoms with Gasteiger partial charge in [0.1, 0.15) is 17.7 Å². The predicted octanol–water partition coefficient (Wildman–Crippen LogP) is 0.701. The van der Waals surface area contributed by atoms with E-state index in [1.54, 1.807) is 45.3 Å². The molecule has 3 amide bonds. The summed E-state index contributed by atoms with van der Waals surface area (Å²) >= 11 is 0. The van der Waals surface area contributed by atoms with Gasteiger partial charge in [-0.1, -0.05) is 6.07 Å². The molecule has 1 fully saturated rings. The fourth-order valence-electron chi connectivity index (χ4n) is 3.20. The fraction of sp³-hybridized carbons (Fsp3) is 0.571. The summed E-state index contributed by atoms with van der Waals surface area (Å²) in [6.07, 6.45) is 3.23. The van der Waals surface area contributed by atoms with Crippen molar-refractivity contribution in [1.29, 1.82) is 0 Å². The molecule has 3 N–H and O–H groups in total. The number of rotatable bonds is 8. The summed E-state index contributed by atoms with van der Waals surface area (Å²) in [5.74, 6) is -1.82. The first kappa shape index (κ1) is 24.1. The molecule has 0 spiro atoms. The second-order valence-electron chi connectivity index (χ2n) is 8.36. The van der Waals surface area contributed by atoms with Gasteiger partial charge in [-0.3, -0.25) is 14.6 Å². The molecule has 1 aliphatic rings. The second-order valence-corrected chi connectivity index (χ2v) is 8.36. The number of alkyl carbamates (subject to hydrolysis) is 1.